The second-order valence-corrected chi connectivity index (χ2v) is 8.68. The van der Waals surface area contributed by atoms with E-state index in [0.29, 0.717) is 33.3 Å². The first-order chi connectivity index (χ1) is 14.5. The van der Waals surface area contributed by atoms with E-state index in [1.54, 1.807) is 28.8 Å². The van der Waals surface area contributed by atoms with Crippen LogP contribution in [0.1, 0.15) is 39.5 Å². The van der Waals surface area contributed by atoms with Crippen LogP contribution in [-0.4, -0.2) is 27.3 Å². The number of unbranched alkanes of at least 4 members (excludes halogenated alkanes) is 1. The van der Waals surface area contributed by atoms with Crippen LogP contribution >= 0.6 is 23.4 Å². The fourth-order valence-electron chi connectivity index (χ4n) is 3.16. The molecule has 1 unspecified atom stereocenters. The van der Waals surface area contributed by atoms with E-state index in [1.165, 1.54) is 11.8 Å². The van der Waals surface area contributed by atoms with Gasteiger partial charge in [0.25, 0.3) is 5.56 Å². The van der Waals surface area contributed by atoms with E-state index < -0.39 is 0 Å². The van der Waals surface area contributed by atoms with Gasteiger partial charge in [0.1, 0.15) is 0 Å². The van der Waals surface area contributed by atoms with Gasteiger partial charge in [-0.3, -0.25) is 14.2 Å². The van der Waals surface area contributed by atoms with Crippen LogP contribution in [0.2, 0.25) is 5.02 Å². The number of hydrogen-bond donors (Lipinski definition) is 1. The van der Waals surface area contributed by atoms with E-state index in [0.717, 1.165) is 25.7 Å². The highest BCUT2D eigenvalue weighted by Gasteiger charge is 2.23. The van der Waals surface area contributed by atoms with Gasteiger partial charge in [-0.1, -0.05) is 68.3 Å². The third-order valence-electron chi connectivity index (χ3n) is 4.72. The van der Waals surface area contributed by atoms with Crippen LogP contribution in [-0.2, 0) is 4.79 Å². The Morgan fingerprint density at radius 3 is 2.70 bits per heavy atom. The van der Waals surface area contributed by atoms with Crippen molar-refractivity contribution in [1.82, 2.24) is 14.9 Å². The van der Waals surface area contributed by atoms with Crippen LogP contribution in [0.3, 0.4) is 0 Å². The summed E-state index contributed by atoms with van der Waals surface area (Å²) in [6.07, 6.45) is 3.50. The maximum Gasteiger partial charge on any atom is 0.266 e. The minimum absolute atomic E-state index is 0.0182. The molecular formula is C23H26ClN3O2S. The molecule has 30 heavy (non-hydrogen) atoms. The molecule has 3 rings (SSSR count). The molecule has 0 aliphatic heterocycles. The highest BCUT2D eigenvalue weighted by molar-refractivity contribution is 8.00. The fourth-order valence-corrected chi connectivity index (χ4v) is 4.52. The highest BCUT2D eigenvalue weighted by atomic mass is 35.5. The molecule has 1 heterocycles. The molecule has 158 valence electrons. The van der Waals surface area contributed by atoms with E-state index in [1.807, 2.05) is 31.2 Å². The van der Waals surface area contributed by atoms with Gasteiger partial charge >= 0.3 is 0 Å². The molecule has 1 aromatic heterocycles. The zero-order valence-corrected chi connectivity index (χ0v) is 18.8. The van der Waals surface area contributed by atoms with Crippen molar-refractivity contribution in [2.75, 3.05) is 6.54 Å². The summed E-state index contributed by atoms with van der Waals surface area (Å²) in [6, 6.07) is 14.4. The van der Waals surface area contributed by atoms with Gasteiger partial charge in [-0.25, -0.2) is 4.98 Å². The fraction of sp³-hybridized carbons (Fsp3) is 0.348. The van der Waals surface area contributed by atoms with Crippen LogP contribution < -0.4 is 10.9 Å². The number of fused-ring (bicyclic) bond motifs is 1. The number of carbonyl (C=O) groups is 1. The summed E-state index contributed by atoms with van der Waals surface area (Å²) in [5.41, 5.74) is 1.08. The van der Waals surface area contributed by atoms with Crippen LogP contribution in [0.4, 0.5) is 0 Å². The Morgan fingerprint density at radius 2 is 1.97 bits per heavy atom. The lowest BCUT2D eigenvalue weighted by Gasteiger charge is -2.19. The lowest BCUT2D eigenvalue weighted by atomic mass is 10.2. The number of aromatic nitrogens is 2. The third kappa shape index (κ3) is 5.24. The monoisotopic (exact) mass is 443 g/mol. The normalized spacial score (nSPS) is 12.1. The van der Waals surface area contributed by atoms with Gasteiger partial charge < -0.3 is 5.32 Å². The molecule has 1 N–H and O–H groups in total. The molecule has 7 heteroatoms. The van der Waals surface area contributed by atoms with Gasteiger partial charge in [-0.15, -0.1) is 0 Å². The summed E-state index contributed by atoms with van der Waals surface area (Å²) in [6.45, 7) is 4.76. The zero-order valence-electron chi connectivity index (χ0n) is 17.2. The van der Waals surface area contributed by atoms with Gasteiger partial charge in [-0.2, -0.15) is 0 Å². The van der Waals surface area contributed by atoms with Crippen molar-refractivity contribution in [2.45, 2.75) is 49.9 Å². The zero-order chi connectivity index (χ0) is 21.5. The first-order valence-corrected chi connectivity index (χ1v) is 11.5. The molecule has 0 saturated heterocycles. The van der Waals surface area contributed by atoms with E-state index >= 15 is 0 Å². The van der Waals surface area contributed by atoms with Crippen LogP contribution in [0.15, 0.2) is 58.5 Å². The Kier molecular flexibility index (Phi) is 7.94. The van der Waals surface area contributed by atoms with Gasteiger partial charge in [-0.05, 0) is 43.2 Å². The molecule has 3 aromatic rings. The summed E-state index contributed by atoms with van der Waals surface area (Å²) in [4.78, 5) is 30.9. The molecule has 0 spiro atoms. The molecule has 0 aliphatic carbocycles. The molecule has 5 nitrogen and oxygen atoms in total. The number of rotatable bonds is 9. The summed E-state index contributed by atoms with van der Waals surface area (Å²) >= 11 is 7.53. The minimum atomic E-state index is -0.324. The minimum Gasteiger partial charge on any atom is -0.355 e. The van der Waals surface area contributed by atoms with Crippen LogP contribution in [0.5, 0.6) is 0 Å². The molecule has 2 aromatic carbocycles. The second-order valence-electron chi connectivity index (χ2n) is 7.07. The number of amides is 1. The maximum atomic E-state index is 13.4. The maximum absolute atomic E-state index is 13.4. The first kappa shape index (κ1) is 22.4. The molecule has 1 atom stereocenters. The van der Waals surface area contributed by atoms with Crippen LogP contribution in [0, 0.1) is 0 Å². The van der Waals surface area contributed by atoms with Crippen molar-refractivity contribution < 1.29 is 4.79 Å². The van der Waals surface area contributed by atoms with Crippen molar-refractivity contribution >= 4 is 40.2 Å². The summed E-state index contributed by atoms with van der Waals surface area (Å²) in [5.74, 6) is -0.0182. The first-order valence-electron chi connectivity index (χ1n) is 10.3. The Morgan fingerprint density at radius 1 is 1.17 bits per heavy atom. The number of nitrogens with zero attached hydrogens (tertiary/aromatic N) is 2. The lowest BCUT2D eigenvalue weighted by molar-refractivity contribution is -0.120. The molecule has 0 radical (unpaired) electrons. The predicted octanol–water partition coefficient (Wildman–Crippen LogP) is 5.22. The van der Waals surface area contributed by atoms with E-state index in [4.69, 9.17) is 16.6 Å². The summed E-state index contributed by atoms with van der Waals surface area (Å²) < 4.78 is 1.56. The number of benzene rings is 2. The van der Waals surface area contributed by atoms with Crippen LogP contribution in [0.25, 0.3) is 16.6 Å². The molecule has 1 amide bonds. The number of para-hydroxylation sites is 1. The number of hydrogen-bond acceptors (Lipinski definition) is 4. The number of halogens is 1. The van der Waals surface area contributed by atoms with Gasteiger partial charge in [0.05, 0.1) is 21.8 Å². The van der Waals surface area contributed by atoms with Gasteiger partial charge in [0, 0.05) is 11.6 Å². The van der Waals surface area contributed by atoms with E-state index in [2.05, 4.69) is 12.2 Å². The Labute approximate surface area is 185 Å². The molecule has 0 aliphatic rings. The summed E-state index contributed by atoms with van der Waals surface area (Å²) in [5, 5.41) is 4.22. The average Bonchev–Trinajstić information content (AvgIpc) is 2.75. The molecule has 0 saturated carbocycles. The van der Waals surface area contributed by atoms with E-state index in [-0.39, 0.29) is 16.7 Å². The van der Waals surface area contributed by atoms with Gasteiger partial charge in [0.15, 0.2) is 5.16 Å². The lowest BCUT2D eigenvalue weighted by Crippen LogP contribution is -2.34. The van der Waals surface area contributed by atoms with Crippen molar-refractivity contribution in [3.05, 3.63) is 63.9 Å². The average molecular weight is 444 g/mol. The van der Waals surface area contributed by atoms with Crippen molar-refractivity contribution in [3.8, 4) is 5.69 Å². The summed E-state index contributed by atoms with van der Waals surface area (Å²) in [7, 11) is 0. The van der Waals surface area contributed by atoms with Gasteiger partial charge in [0.2, 0.25) is 5.91 Å². The standard InChI is InChI=1S/C23H26ClN3O2S/c1-3-5-13-20(21(28)25-14-4-2)30-23-26-19-12-7-6-11-18(19)22(29)27(23)17-10-8-9-16(24)15-17/h6-12,15,20H,3-5,13-14H2,1-2H3,(H,25,28). The molecular weight excluding hydrogens is 418 g/mol. The SMILES string of the molecule is CCCCC(Sc1nc2ccccc2c(=O)n1-c1cccc(Cl)c1)C(=O)NCCC. The largest absolute Gasteiger partial charge is 0.355 e. The van der Waals surface area contributed by atoms with E-state index in [9.17, 15) is 9.59 Å². The Balaban J connectivity index is 2.11. The smallest absolute Gasteiger partial charge is 0.266 e. The highest BCUT2D eigenvalue weighted by Crippen LogP contribution is 2.28. The molecule has 0 bridgehead atoms. The quantitative estimate of drug-likeness (QED) is 0.364. The third-order valence-corrected chi connectivity index (χ3v) is 6.17. The van der Waals surface area contributed by atoms with Crippen molar-refractivity contribution in [3.63, 3.8) is 0 Å². The van der Waals surface area contributed by atoms with Crippen molar-refractivity contribution in [1.29, 1.82) is 0 Å². The topological polar surface area (TPSA) is 64.0 Å². The Hall–Kier alpha value is -2.31. The second kappa shape index (κ2) is 10.6. The number of carbonyl (C=O) groups excluding carboxylic acids is 1. The number of thioether (sulfide) groups is 1. The predicted molar refractivity (Wildman–Crippen MR) is 125 cm³/mol. The molecule has 0 fully saturated rings. The Bertz CT molecular complexity index is 1080. The number of nitrogens with one attached hydrogen (secondary N) is 1. The van der Waals surface area contributed by atoms with Crippen molar-refractivity contribution in [2.24, 2.45) is 0 Å².